The fourth-order valence-corrected chi connectivity index (χ4v) is 2.42. The van der Waals surface area contributed by atoms with Gasteiger partial charge in [0.05, 0.1) is 17.8 Å². The second kappa shape index (κ2) is 5.13. The second-order valence-electron chi connectivity index (χ2n) is 4.68. The van der Waals surface area contributed by atoms with Crippen molar-refractivity contribution in [1.82, 2.24) is 0 Å². The van der Waals surface area contributed by atoms with E-state index in [-0.39, 0.29) is 17.2 Å². The van der Waals surface area contributed by atoms with Crippen molar-refractivity contribution >= 4 is 17.3 Å². The zero-order valence-corrected chi connectivity index (χ0v) is 12.2. The number of rotatable bonds is 2. The van der Waals surface area contributed by atoms with Crippen LogP contribution in [0.15, 0.2) is 18.2 Å². The Hall–Kier alpha value is -2.07. The van der Waals surface area contributed by atoms with E-state index in [0.29, 0.717) is 27.4 Å². The number of ether oxygens (including phenoxy) is 1. The Kier molecular flexibility index (Phi) is 3.68. The van der Waals surface area contributed by atoms with E-state index in [2.05, 4.69) is 0 Å². The van der Waals surface area contributed by atoms with Gasteiger partial charge in [-0.05, 0) is 43.2 Å². The van der Waals surface area contributed by atoms with Crippen molar-refractivity contribution in [2.45, 2.75) is 13.8 Å². The predicted octanol–water partition coefficient (Wildman–Crippen LogP) is 3.63. The maximum Gasteiger partial charge on any atom is 0.203 e. The SMILES string of the molecule is COc1c(O)c(C)cc(-c2cc(C)cc(Cl)c2N)c1O. The van der Waals surface area contributed by atoms with Crippen LogP contribution in [0.2, 0.25) is 5.02 Å². The van der Waals surface area contributed by atoms with Crippen LogP contribution < -0.4 is 10.5 Å². The van der Waals surface area contributed by atoms with E-state index in [1.165, 1.54) is 7.11 Å². The predicted molar refractivity (Wildman–Crippen MR) is 80.7 cm³/mol. The Morgan fingerprint density at radius 3 is 2.30 bits per heavy atom. The summed E-state index contributed by atoms with van der Waals surface area (Å²) in [4.78, 5) is 0. The first-order valence-corrected chi connectivity index (χ1v) is 6.40. The first kappa shape index (κ1) is 14.3. The molecule has 0 bridgehead atoms. The molecule has 0 aliphatic carbocycles. The van der Waals surface area contributed by atoms with E-state index in [4.69, 9.17) is 22.1 Å². The minimum absolute atomic E-state index is 0.0250. The Labute approximate surface area is 122 Å². The third-order valence-corrected chi connectivity index (χ3v) is 3.50. The Morgan fingerprint density at radius 2 is 1.70 bits per heavy atom. The summed E-state index contributed by atoms with van der Waals surface area (Å²) in [5, 5.41) is 20.6. The fourth-order valence-electron chi connectivity index (χ4n) is 2.14. The minimum atomic E-state index is -0.163. The molecule has 0 aliphatic rings. The third-order valence-electron chi connectivity index (χ3n) is 3.19. The molecular weight excluding hydrogens is 278 g/mol. The molecule has 106 valence electrons. The quantitative estimate of drug-likeness (QED) is 0.739. The van der Waals surface area contributed by atoms with Crippen LogP contribution in [0.25, 0.3) is 11.1 Å². The number of halogens is 1. The van der Waals surface area contributed by atoms with Gasteiger partial charge in [0.15, 0.2) is 11.5 Å². The molecule has 0 amide bonds. The van der Waals surface area contributed by atoms with Gasteiger partial charge >= 0.3 is 0 Å². The molecule has 0 saturated carbocycles. The van der Waals surface area contributed by atoms with Gasteiger partial charge in [-0.1, -0.05) is 11.6 Å². The molecule has 4 N–H and O–H groups in total. The molecule has 0 fully saturated rings. The van der Waals surface area contributed by atoms with E-state index < -0.39 is 0 Å². The second-order valence-corrected chi connectivity index (χ2v) is 5.09. The number of hydrogen-bond acceptors (Lipinski definition) is 4. The number of aromatic hydroxyl groups is 2. The van der Waals surface area contributed by atoms with E-state index in [1.54, 1.807) is 19.1 Å². The number of phenols is 2. The molecule has 0 spiro atoms. The van der Waals surface area contributed by atoms with Gasteiger partial charge < -0.3 is 20.7 Å². The van der Waals surface area contributed by atoms with Gasteiger partial charge in [0, 0.05) is 11.1 Å². The number of nitrogen functional groups attached to an aromatic ring is 1. The number of methoxy groups -OCH3 is 1. The van der Waals surface area contributed by atoms with Crippen LogP contribution in [0.4, 0.5) is 5.69 Å². The highest BCUT2D eigenvalue weighted by molar-refractivity contribution is 6.33. The average molecular weight is 294 g/mol. The van der Waals surface area contributed by atoms with Crippen LogP contribution in [0, 0.1) is 13.8 Å². The van der Waals surface area contributed by atoms with Crippen LogP contribution in [0.3, 0.4) is 0 Å². The first-order chi connectivity index (χ1) is 9.36. The number of aryl methyl sites for hydroxylation is 2. The van der Waals surface area contributed by atoms with Crippen molar-refractivity contribution < 1.29 is 14.9 Å². The summed E-state index contributed by atoms with van der Waals surface area (Å²) >= 11 is 6.08. The number of hydrogen-bond donors (Lipinski definition) is 3. The molecule has 4 nitrogen and oxygen atoms in total. The zero-order valence-electron chi connectivity index (χ0n) is 11.5. The molecule has 2 aromatic rings. The zero-order chi connectivity index (χ0) is 15.0. The third kappa shape index (κ3) is 2.23. The summed E-state index contributed by atoms with van der Waals surface area (Å²) in [7, 11) is 1.38. The normalized spacial score (nSPS) is 10.6. The van der Waals surface area contributed by atoms with Crippen LogP contribution in [-0.4, -0.2) is 17.3 Å². The maximum absolute atomic E-state index is 10.3. The summed E-state index contributed by atoms with van der Waals surface area (Å²) in [6.07, 6.45) is 0. The van der Waals surface area contributed by atoms with Crippen molar-refractivity contribution in [2.75, 3.05) is 12.8 Å². The highest BCUT2D eigenvalue weighted by atomic mass is 35.5. The summed E-state index contributed by atoms with van der Waals surface area (Å²) in [5.41, 5.74) is 8.93. The van der Waals surface area contributed by atoms with Crippen LogP contribution >= 0.6 is 11.6 Å². The first-order valence-electron chi connectivity index (χ1n) is 6.02. The van der Waals surface area contributed by atoms with Gasteiger partial charge in [-0.3, -0.25) is 0 Å². The average Bonchev–Trinajstić information content (AvgIpc) is 2.39. The lowest BCUT2D eigenvalue weighted by Crippen LogP contribution is -1.95. The molecule has 20 heavy (non-hydrogen) atoms. The van der Waals surface area contributed by atoms with Gasteiger partial charge in [-0.15, -0.1) is 0 Å². The Bertz CT molecular complexity index is 684. The van der Waals surface area contributed by atoms with E-state index in [9.17, 15) is 10.2 Å². The lowest BCUT2D eigenvalue weighted by atomic mass is 9.97. The molecule has 0 saturated heterocycles. The number of phenolic OH excluding ortho intramolecular Hbond substituents is 2. The van der Waals surface area contributed by atoms with Crippen molar-refractivity contribution in [1.29, 1.82) is 0 Å². The molecule has 5 heteroatoms. The molecule has 0 heterocycles. The van der Waals surface area contributed by atoms with Gasteiger partial charge in [0.25, 0.3) is 0 Å². The van der Waals surface area contributed by atoms with Crippen LogP contribution in [-0.2, 0) is 0 Å². The summed E-state index contributed by atoms with van der Waals surface area (Å²) in [6.45, 7) is 3.60. The largest absolute Gasteiger partial charge is 0.504 e. The van der Waals surface area contributed by atoms with Gasteiger partial charge in [-0.25, -0.2) is 0 Å². The minimum Gasteiger partial charge on any atom is -0.504 e. The Morgan fingerprint density at radius 1 is 1.05 bits per heavy atom. The van der Waals surface area contributed by atoms with Gasteiger partial charge in [0.1, 0.15) is 0 Å². The Balaban J connectivity index is 2.80. The molecule has 0 aliphatic heterocycles. The van der Waals surface area contributed by atoms with Crippen LogP contribution in [0.5, 0.6) is 17.2 Å². The van der Waals surface area contributed by atoms with Gasteiger partial charge in [0.2, 0.25) is 5.75 Å². The standard InChI is InChI=1S/C15H16ClNO3/c1-7-4-9(12(17)11(16)5-7)10-6-8(2)13(18)15(20-3)14(10)19/h4-6,18-19H,17H2,1-3H3. The fraction of sp³-hybridized carbons (Fsp3) is 0.200. The van der Waals surface area contributed by atoms with Crippen molar-refractivity contribution in [3.8, 4) is 28.4 Å². The number of anilines is 1. The molecule has 2 rings (SSSR count). The van der Waals surface area contributed by atoms with Crippen molar-refractivity contribution in [3.63, 3.8) is 0 Å². The van der Waals surface area contributed by atoms with Crippen LogP contribution in [0.1, 0.15) is 11.1 Å². The van der Waals surface area contributed by atoms with E-state index >= 15 is 0 Å². The van der Waals surface area contributed by atoms with Crippen molar-refractivity contribution in [3.05, 3.63) is 34.3 Å². The topological polar surface area (TPSA) is 75.7 Å². The highest BCUT2D eigenvalue weighted by Gasteiger charge is 2.19. The number of benzene rings is 2. The summed E-state index contributed by atoms with van der Waals surface area (Å²) in [5.74, 6) is -0.230. The lowest BCUT2D eigenvalue weighted by Gasteiger charge is -2.15. The molecule has 0 atom stereocenters. The lowest BCUT2D eigenvalue weighted by molar-refractivity contribution is 0.344. The van der Waals surface area contributed by atoms with E-state index in [0.717, 1.165) is 5.56 Å². The van der Waals surface area contributed by atoms with E-state index in [1.807, 2.05) is 13.0 Å². The highest BCUT2D eigenvalue weighted by Crippen LogP contribution is 2.47. The molecule has 0 aromatic heterocycles. The molecule has 2 aromatic carbocycles. The monoisotopic (exact) mass is 293 g/mol. The number of nitrogens with two attached hydrogens (primary N) is 1. The smallest absolute Gasteiger partial charge is 0.203 e. The summed E-state index contributed by atoms with van der Waals surface area (Å²) in [6, 6.07) is 5.22. The van der Waals surface area contributed by atoms with Crippen molar-refractivity contribution in [2.24, 2.45) is 0 Å². The van der Waals surface area contributed by atoms with Gasteiger partial charge in [-0.2, -0.15) is 0 Å². The maximum atomic E-state index is 10.3. The summed E-state index contributed by atoms with van der Waals surface area (Å²) < 4.78 is 5.05. The molecule has 0 radical (unpaired) electrons. The molecule has 0 unspecified atom stereocenters. The molecular formula is C15H16ClNO3.